The Morgan fingerprint density at radius 2 is 1.73 bits per heavy atom. The minimum Gasteiger partial charge on any atom is -0.379 e. The lowest BCUT2D eigenvalue weighted by atomic mass is 10.2. The maximum atomic E-state index is 13.7. The van der Waals surface area contributed by atoms with Crippen molar-refractivity contribution in [1.29, 1.82) is 0 Å². The van der Waals surface area contributed by atoms with Crippen molar-refractivity contribution in [3.05, 3.63) is 79.4 Å². The number of sulfonamides is 1. The summed E-state index contributed by atoms with van der Waals surface area (Å²) in [5.74, 6) is -0.209. The van der Waals surface area contributed by atoms with Gasteiger partial charge in [0.25, 0.3) is 5.91 Å². The van der Waals surface area contributed by atoms with E-state index in [-0.39, 0.29) is 23.9 Å². The van der Waals surface area contributed by atoms with E-state index in [1.807, 2.05) is 24.3 Å². The molecule has 1 fully saturated rings. The largest absolute Gasteiger partial charge is 0.379 e. The smallest absolute Gasteiger partial charge is 0.260 e. The quantitative estimate of drug-likeness (QED) is 0.323. The molecular weight excluding hydrogens is 508 g/mol. The van der Waals surface area contributed by atoms with Crippen molar-refractivity contribution in [3.63, 3.8) is 0 Å². The maximum absolute atomic E-state index is 13.7. The van der Waals surface area contributed by atoms with E-state index >= 15 is 0 Å². The first-order valence-electron chi connectivity index (χ1n) is 12.2. The molecule has 4 rings (SSSR count). The summed E-state index contributed by atoms with van der Waals surface area (Å²) in [5.41, 5.74) is 1.25. The molecule has 0 atom stereocenters. The lowest BCUT2D eigenvalue weighted by Gasteiger charge is -2.27. The van der Waals surface area contributed by atoms with Gasteiger partial charge in [0, 0.05) is 44.8 Å². The van der Waals surface area contributed by atoms with Gasteiger partial charge in [-0.05, 0) is 42.8 Å². The third kappa shape index (κ3) is 6.52. The van der Waals surface area contributed by atoms with Gasteiger partial charge in [-0.25, -0.2) is 13.4 Å². The number of nitrogens with zero attached hydrogens (tertiary/aromatic N) is 4. The molecule has 3 aromatic rings. The van der Waals surface area contributed by atoms with E-state index in [1.54, 1.807) is 17.0 Å². The molecule has 0 saturated carbocycles. The number of para-hydroxylation sites is 1. The highest BCUT2D eigenvalue weighted by Gasteiger charge is 2.25. The Bertz CT molecular complexity index is 1290. The number of ether oxygens (including phenoxy) is 1. The number of morpholine rings is 1. The third-order valence-corrected chi connectivity index (χ3v) is 9.03. The Morgan fingerprint density at radius 1 is 1.05 bits per heavy atom. The van der Waals surface area contributed by atoms with Crippen molar-refractivity contribution in [2.75, 3.05) is 57.4 Å². The lowest BCUT2D eigenvalue weighted by Crippen LogP contribution is -2.39. The summed E-state index contributed by atoms with van der Waals surface area (Å²) in [6.45, 7) is 12.2. The second kappa shape index (κ2) is 12.6. The second-order valence-corrected chi connectivity index (χ2v) is 11.6. The third-order valence-electron chi connectivity index (χ3n) is 6.12. The van der Waals surface area contributed by atoms with E-state index in [4.69, 9.17) is 9.72 Å². The summed E-state index contributed by atoms with van der Waals surface area (Å²) < 4.78 is 33.8. The highest BCUT2D eigenvalue weighted by molar-refractivity contribution is 7.89. The number of anilines is 1. The second-order valence-electron chi connectivity index (χ2n) is 8.65. The molecule has 10 heteroatoms. The van der Waals surface area contributed by atoms with Crippen LogP contribution >= 0.6 is 11.3 Å². The fourth-order valence-electron chi connectivity index (χ4n) is 4.17. The van der Waals surface area contributed by atoms with Crippen LogP contribution in [0.5, 0.6) is 0 Å². The molecule has 1 saturated heterocycles. The van der Waals surface area contributed by atoms with Gasteiger partial charge in [-0.2, -0.15) is 4.31 Å². The van der Waals surface area contributed by atoms with Crippen LogP contribution in [-0.4, -0.2) is 81.0 Å². The van der Waals surface area contributed by atoms with E-state index in [0.29, 0.717) is 17.2 Å². The molecule has 37 heavy (non-hydrogen) atoms. The Morgan fingerprint density at radius 3 is 2.38 bits per heavy atom. The van der Waals surface area contributed by atoms with E-state index in [2.05, 4.69) is 18.1 Å². The zero-order chi connectivity index (χ0) is 26.3. The van der Waals surface area contributed by atoms with Crippen molar-refractivity contribution >= 4 is 42.6 Å². The minimum atomic E-state index is -3.74. The van der Waals surface area contributed by atoms with Gasteiger partial charge in [-0.15, -0.1) is 13.2 Å². The fraction of sp³-hybridized carbons (Fsp3) is 0.333. The zero-order valence-corrected chi connectivity index (χ0v) is 22.4. The summed E-state index contributed by atoms with van der Waals surface area (Å²) >= 11 is 1.48. The summed E-state index contributed by atoms with van der Waals surface area (Å²) in [7, 11) is -3.74. The van der Waals surface area contributed by atoms with Crippen molar-refractivity contribution in [2.45, 2.75) is 11.3 Å². The zero-order valence-electron chi connectivity index (χ0n) is 20.8. The van der Waals surface area contributed by atoms with Gasteiger partial charge in [-0.1, -0.05) is 35.6 Å². The standard InChI is InChI=1S/C27H32N4O4S2/c1-3-14-30(15-4-2)37(33,34)23-12-10-22(11-13-23)26(32)31(17-7-16-29-18-20-35-21-19-29)27-28-24-8-5-6-9-25(24)36-27/h3-6,8-13H,1-2,7,14-21H2. The molecule has 196 valence electrons. The minimum absolute atomic E-state index is 0.117. The molecular formula is C27H32N4O4S2. The number of amides is 1. The number of carbonyl (C=O) groups excluding carboxylic acids is 1. The molecule has 0 aliphatic carbocycles. The monoisotopic (exact) mass is 540 g/mol. The first-order chi connectivity index (χ1) is 17.9. The average molecular weight is 541 g/mol. The molecule has 8 nitrogen and oxygen atoms in total. The van der Waals surface area contributed by atoms with Gasteiger partial charge in [-0.3, -0.25) is 14.6 Å². The Labute approximate surface area is 222 Å². The normalized spacial score (nSPS) is 14.6. The maximum Gasteiger partial charge on any atom is 0.260 e. The Kier molecular flexibility index (Phi) is 9.23. The van der Waals surface area contributed by atoms with Crippen LogP contribution in [0.15, 0.2) is 78.7 Å². The number of hydrogen-bond acceptors (Lipinski definition) is 7. The molecule has 2 aromatic carbocycles. The fourth-order valence-corrected chi connectivity index (χ4v) is 6.54. The van der Waals surface area contributed by atoms with Crippen LogP contribution in [0.25, 0.3) is 10.2 Å². The Hall–Kier alpha value is -2.89. The summed E-state index contributed by atoms with van der Waals surface area (Å²) in [4.78, 5) is 22.5. The number of aromatic nitrogens is 1. The van der Waals surface area contributed by atoms with Crippen LogP contribution < -0.4 is 4.90 Å². The highest BCUT2D eigenvalue weighted by Crippen LogP contribution is 2.30. The van der Waals surface area contributed by atoms with Crippen molar-refractivity contribution < 1.29 is 17.9 Å². The van der Waals surface area contributed by atoms with Crippen molar-refractivity contribution in [2.24, 2.45) is 0 Å². The van der Waals surface area contributed by atoms with Crippen LogP contribution in [0.3, 0.4) is 0 Å². The molecule has 0 radical (unpaired) electrons. The number of benzene rings is 2. The van der Waals surface area contributed by atoms with Crippen LogP contribution in [0.1, 0.15) is 16.8 Å². The average Bonchev–Trinajstić information content (AvgIpc) is 3.35. The van der Waals surface area contributed by atoms with Crippen molar-refractivity contribution in [3.8, 4) is 0 Å². The van der Waals surface area contributed by atoms with E-state index in [1.165, 1.54) is 39.9 Å². The van der Waals surface area contributed by atoms with Crippen molar-refractivity contribution in [1.82, 2.24) is 14.2 Å². The van der Waals surface area contributed by atoms with Gasteiger partial charge in [0.15, 0.2) is 5.13 Å². The van der Waals surface area contributed by atoms with Crippen LogP contribution in [-0.2, 0) is 14.8 Å². The van der Waals surface area contributed by atoms with Gasteiger partial charge in [0.2, 0.25) is 10.0 Å². The summed E-state index contributed by atoms with van der Waals surface area (Å²) in [6, 6.07) is 13.9. The van der Waals surface area contributed by atoms with Gasteiger partial charge < -0.3 is 4.74 Å². The first-order valence-corrected chi connectivity index (χ1v) is 14.5. The topological polar surface area (TPSA) is 83.1 Å². The summed E-state index contributed by atoms with van der Waals surface area (Å²) in [5, 5.41) is 0.632. The number of hydrogen-bond donors (Lipinski definition) is 0. The predicted octanol–water partition coefficient (Wildman–Crippen LogP) is 4.03. The van der Waals surface area contributed by atoms with Crippen LogP contribution in [0.2, 0.25) is 0 Å². The summed E-state index contributed by atoms with van der Waals surface area (Å²) in [6.07, 6.45) is 3.85. The molecule has 0 spiro atoms. The molecule has 1 amide bonds. The van der Waals surface area contributed by atoms with Gasteiger partial charge >= 0.3 is 0 Å². The van der Waals surface area contributed by atoms with Crippen LogP contribution in [0.4, 0.5) is 5.13 Å². The number of thiazole rings is 1. The first kappa shape index (κ1) is 27.2. The number of rotatable bonds is 12. The number of carbonyl (C=O) groups is 1. The lowest BCUT2D eigenvalue weighted by molar-refractivity contribution is 0.0376. The number of fused-ring (bicyclic) bond motifs is 1. The molecule has 2 heterocycles. The molecule has 0 bridgehead atoms. The van der Waals surface area contributed by atoms with E-state index in [9.17, 15) is 13.2 Å². The SMILES string of the molecule is C=CCN(CC=C)S(=O)(=O)c1ccc(C(=O)N(CCCN2CCOCC2)c2nc3ccccc3s2)cc1. The van der Waals surface area contributed by atoms with Crippen LogP contribution in [0, 0.1) is 0 Å². The Balaban J connectivity index is 1.56. The van der Waals surface area contributed by atoms with Gasteiger partial charge in [0.05, 0.1) is 28.3 Å². The van der Waals surface area contributed by atoms with Gasteiger partial charge in [0.1, 0.15) is 0 Å². The molecule has 0 unspecified atom stereocenters. The molecule has 1 aliphatic heterocycles. The highest BCUT2D eigenvalue weighted by atomic mass is 32.2. The predicted molar refractivity (Wildman–Crippen MR) is 149 cm³/mol. The molecule has 0 N–H and O–H groups in total. The van der Waals surface area contributed by atoms with E-state index in [0.717, 1.165) is 49.5 Å². The molecule has 1 aromatic heterocycles. The van der Waals surface area contributed by atoms with E-state index < -0.39 is 10.0 Å². The molecule has 1 aliphatic rings.